The molecule has 0 saturated heterocycles. The Morgan fingerprint density at radius 1 is 1.11 bits per heavy atom. The van der Waals surface area contributed by atoms with Crippen molar-refractivity contribution in [3.8, 4) is 5.75 Å². The zero-order chi connectivity index (χ0) is 12.6. The van der Waals surface area contributed by atoms with Gasteiger partial charge in [-0.3, -0.25) is 0 Å². The summed E-state index contributed by atoms with van der Waals surface area (Å²) >= 11 is 1.75. The van der Waals surface area contributed by atoms with Gasteiger partial charge in [0.1, 0.15) is 5.75 Å². The van der Waals surface area contributed by atoms with Crippen LogP contribution in [0.25, 0.3) is 0 Å². The molecule has 0 unspecified atom stereocenters. The smallest absolute Gasteiger partial charge is 0.119 e. The molecule has 0 bridgehead atoms. The normalized spacial score (nSPS) is 10.2. The summed E-state index contributed by atoms with van der Waals surface area (Å²) in [5, 5.41) is 1.06. The van der Waals surface area contributed by atoms with Gasteiger partial charge in [0, 0.05) is 17.6 Å². The molecule has 94 valence electrons. The highest BCUT2D eigenvalue weighted by molar-refractivity contribution is 7.99. The van der Waals surface area contributed by atoms with Gasteiger partial charge in [0.05, 0.1) is 11.6 Å². The Morgan fingerprint density at radius 3 is 2.67 bits per heavy atom. The molecule has 0 amide bonds. The third kappa shape index (κ3) is 4.30. The highest BCUT2D eigenvalue weighted by Crippen LogP contribution is 2.16. The lowest BCUT2D eigenvalue weighted by atomic mass is 10.3. The lowest BCUT2D eigenvalue weighted by molar-refractivity contribution is 0.319. The van der Waals surface area contributed by atoms with E-state index in [2.05, 4.69) is 4.98 Å². The first-order valence-electron chi connectivity index (χ1n) is 5.87. The molecule has 0 aliphatic carbocycles. The maximum absolute atomic E-state index is 5.61. The summed E-state index contributed by atoms with van der Waals surface area (Å²) in [6.07, 6.45) is 2.80. The van der Waals surface area contributed by atoms with Crippen LogP contribution < -0.4 is 10.5 Å². The van der Waals surface area contributed by atoms with E-state index in [4.69, 9.17) is 10.5 Å². The predicted octanol–water partition coefficient (Wildman–Crippen LogP) is 3.23. The fourth-order valence-corrected chi connectivity index (χ4v) is 2.20. The summed E-state index contributed by atoms with van der Waals surface area (Å²) < 4.78 is 5.61. The molecule has 1 aromatic heterocycles. The minimum atomic E-state index is 0.712. The molecule has 18 heavy (non-hydrogen) atoms. The Kier molecular flexibility index (Phi) is 4.90. The minimum absolute atomic E-state index is 0.712. The number of anilines is 1. The fourth-order valence-electron chi connectivity index (χ4n) is 1.42. The Labute approximate surface area is 111 Å². The number of nitrogens with zero attached hydrogens (tertiary/aromatic N) is 1. The van der Waals surface area contributed by atoms with Gasteiger partial charge in [0.15, 0.2) is 0 Å². The quantitative estimate of drug-likeness (QED) is 0.492. The zero-order valence-electron chi connectivity index (χ0n) is 10.1. The lowest BCUT2D eigenvalue weighted by Gasteiger charge is -2.06. The summed E-state index contributed by atoms with van der Waals surface area (Å²) in [7, 11) is 0. The van der Waals surface area contributed by atoms with Crippen LogP contribution in [0, 0.1) is 0 Å². The number of rotatable bonds is 6. The maximum atomic E-state index is 5.61. The molecular weight excluding hydrogens is 244 g/mol. The lowest BCUT2D eigenvalue weighted by Crippen LogP contribution is -1.99. The first-order chi connectivity index (χ1) is 8.84. The van der Waals surface area contributed by atoms with E-state index in [1.54, 1.807) is 11.8 Å². The molecule has 0 spiro atoms. The highest BCUT2D eigenvalue weighted by atomic mass is 32.2. The van der Waals surface area contributed by atoms with Crippen molar-refractivity contribution >= 4 is 17.4 Å². The van der Waals surface area contributed by atoms with Crippen molar-refractivity contribution in [3.05, 3.63) is 48.7 Å². The maximum Gasteiger partial charge on any atom is 0.119 e. The summed E-state index contributed by atoms with van der Waals surface area (Å²) in [5.74, 6) is 1.87. The summed E-state index contributed by atoms with van der Waals surface area (Å²) in [5.41, 5.74) is 6.36. The Bertz CT molecular complexity index is 459. The van der Waals surface area contributed by atoms with Crippen LogP contribution in [0.2, 0.25) is 0 Å². The van der Waals surface area contributed by atoms with Gasteiger partial charge < -0.3 is 10.5 Å². The van der Waals surface area contributed by atoms with Crippen molar-refractivity contribution in [2.45, 2.75) is 11.4 Å². The molecule has 0 aliphatic heterocycles. The van der Waals surface area contributed by atoms with Gasteiger partial charge in [-0.2, -0.15) is 0 Å². The van der Waals surface area contributed by atoms with Gasteiger partial charge in [-0.15, -0.1) is 11.8 Å². The van der Waals surface area contributed by atoms with Crippen molar-refractivity contribution in [1.82, 2.24) is 4.98 Å². The van der Waals surface area contributed by atoms with Crippen molar-refractivity contribution < 1.29 is 4.74 Å². The largest absolute Gasteiger partial charge is 0.494 e. The van der Waals surface area contributed by atoms with Crippen LogP contribution in [-0.4, -0.2) is 17.3 Å². The molecule has 2 N–H and O–H groups in total. The van der Waals surface area contributed by atoms with Gasteiger partial charge in [0.2, 0.25) is 0 Å². The summed E-state index contributed by atoms with van der Waals surface area (Å²) in [4.78, 5) is 4.25. The number of nitrogen functional groups attached to an aromatic ring is 1. The molecule has 1 heterocycles. The molecular formula is C14H16N2OS. The second-order valence-corrected chi connectivity index (χ2v) is 4.90. The SMILES string of the molecule is Nc1ccc(OCCCSc2ccccn2)cc1. The molecule has 0 aliphatic rings. The predicted molar refractivity (Wildman–Crippen MR) is 75.9 cm³/mol. The third-order valence-electron chi connectivity index (χ3n) is 2.33. The van der Waals surface area contributed by atoms with Crippen LogP contribution in [-0.2, 0) is 0 Å². The van der Waals surface area contributed by atoms with E-state index >= 15 is 0 Å². The van der Waals surface area contributed by atoms with E-state index < -0.39 is 0 Å². The van der Waals surface area contributed by atoms with Crippen molar-refractivity contribution in [1.29, 1.82) is 0 Å². The fraction of sp³-hybridized carbons (Fsp3) is 0.214. The molecule has 4 heteroatoms. The average Bonchev–Trinajstić information content (AvgIpc) is 2.42. The van der Waals surface area contributed by atoms with Gasteiger partial charge in [-0.25, -0.2) is 4.98 Å². The molecule has 0 radical (unpaired) electrons. The first-order valence-corrected chi connectivity index (χ1v) is 6.85. The van der Waals surface area contributed by atoms with Crippen LogP contribution in [0.3, 0.4) is 0 Å². The van der Waals surface area contributed by atoms with Crippen LogP contribution in [0.5, 0.6) is 5.75 Å². The van der Waals surface area contributed by atoms with E-state index in [0.717, 1.165) is 28.6 Å². The minimum Gasteiger partial charge on any atom is -0.494 e. The second kappa shape index (κ2) is 6.91. The number of pyridine rings is 1. The van der Waals surface area contributed by atoms with E-state index in [0.29, 0.717) is 6.61 Å². The Morgan fingerprint density at radius 2 is 1.94 bits per heavy atom. The van der Waals surface area contributed by atoms with E-state index in [1.165, 1.54) is 0 Å². The number of hydrogen-bond acceptors (Lipinski definition) is 4. The van der Waals surface area contributed by atoms with Gasteiger partial charge in [-0.05, 0) is 42.8 Å². The number of benzene rings is 1. The van der Waals surface area contributed by atoms with Crippen LogP contribution in [0.1, 0.15) is 6.42 Å². The summed E-state index contributed by atoms with van der Waals surface area (Å²) in [6.45, 7) is 0.712. The molecule has 0 atom stereocenters. The topological polar surface area (TPSA) is 48.1 Å². The van der Waals surface area contributed by atoms with Crippen LogP contribution in [0.15, 0.2) is 53.7 Å². The van der Waals surface area contributed by atoms with Crippen molar-refractivity contribution in [2.75, 3.05) is 18.1 Å². The molecule has 2 rings (SSSR count). The Balaban J connectivity index is 1.63. The molecule has 0 saturated carbocycles. The zero-order valence-corrected chi connectivity index (χ0v) is 10.9. The van der Waals surface area contributed by atoms with E-state index in [9.17, 15) is 0 Å². The number of ether oxygens (including phenoxy) is 1. The monoisotopic (exact) mass is 260 g/mol. The molecule has 2 aromatic rings. The summed E-state index contributed by atoms with van der Waals surface area (Å²) in [6, 6.07) is 13.4. The third-order valence-corrected chi connectivity index (χ3v) is 3.36. The highest BCUT2D eigenvalue weighted by Gasteiger charge is 1.96. The van der Waals surface area contributed by atoms with Crippen LogP contribution in [0.4, 0.5) is 5.69 Å². The van der Waals surface area contributed by atoms with E-state index in [-0.39, 0.29) is 0 Å². The number of thioether (sulfide) groups is 1. The van der Waals surface area contributed by atoms with Crippen LogP contribution >= 0.6 is 11.8 Å². The van der Waals surface area contributed by atoms with Gasteiger partial charge in [-0.1, -0.05) is 6.07 Å². The van der Waals surface area contributed by atoms with Crippen molar-refractivity contribution in [2.24, 2.45) is 0 Å². The molecule has 3 nitrogen and oxygen atoms in total. The number of nitrogens with two attached hydrogens (primary N) is 1. The van der Waals surface area contributed by atoms with E-state index in [1.807, 2.05) is 48.7 Å². The average molecular weight is 260 g/mol. The molecule has 1 aromatic carbocycles. The first kappa shape index (κ1) is 12.8. The van der Waals surface area contributed by atoms with Crippen molar-refractivity contribution in [3.63, 3.8) is 0 Å². The van der Waals surface area contributed by atoms with Gasteiger partial charge in [0.25, 0.3) is 0 Å². The second-order valence-electron chi connectivity index (χ2n) is 3.79. The number of aromatic nitrogens is 1. The molecule has 0 fully saturated rings. The standard InChI is InChI=1S/C14H16N2OS/c15-12-5-7-13(8-6-12)17-10-3-11-18-14-4-1-2-9-16-14/h1-2,4-9H,3,10-11,15H2. The number of hydrogen-bond donors (Lipinski definition) is 1. The van der Waals surface area contributed by atoms with Gasteiger partial charge >= 0.3 is 0 Å². The Hall–Kier alpha value is -1.68.